The number of hydrogen-bond acceptors (Lipinski definition) is 5. The van der Waals surface area contributed by atoms with Crippen LogP contribution in [0.15, 0.2) is 85.6 Å². The summed E-state index contributed by atoms with van der Waals surface area (Å²) in [6.07, 6.45) is 30.3. The van der Waals surface area contributed by atoms with Gasteiger partial charge in [-0.1, -0.05) is 66.8 Å². The monoisotopic (exact) mass is 1000 g/mol. The fraction of sp³-hybridized carbons (Fsp3) is 0.779. The van der Waals surface area contributed by atoms with Crippen molar-refractivity contribution in [3.8, 4) is 0 Å². The van der Waals surface area contributed by atoms with Gasteiger partial charge in [-0.05, 0) is 301 Å². The van der Waals surface area contributed by atoms with E-state index in [9.17, 15) is 4.79 Å². The quantitative estimate of drug-likeness (QED) is 0.0751. The van der Waals surface area contributed by atoms with Crippen molar-refractivity contribution in [1.82, 2.24) is 0 Å². The molecule has 16 saturated carbocycles. The molecule has 0 heterocycles. The SMILES string of the molecule is C=C(C)C(=C)OC(C)(C)C12CC3CC(CC(C3)C1)C2.C=C(C)C(=C)OC1(C)C2CC3CC(C2)CC1C3.C=C(C)C(=C)OC1(CC)C2CC3CC(C2)CC1C3.C=C(C)C(=O)OC1(C(C)C)C2CC3CC(C2)CC1C3. The van der Waals surface area contributed by atoms with E-state index in [1.165, 1.54) is 135 Å². The minimum Gasteiger partial charge on any atom is -0.488 e. The highest BCUT2D eigenvalue weighted by Gasteiger charge is 2.62. The molecule has 0 radical (unpaired) electrons. The molecule has 0 amide bonds. The van der Waals surface area contributed by atoms with Crippen LogP contribution in [0.4, 0.5) is 0 Å². The molecule has 5 heteroatoms. The number of rotatable bonds is 14. The fourth-order valence-electron chi connectivity index (χ4n) is 20.5. The van der Waals surface area contributed by atoms with Gasteiger partial charge in [0.2, 0.25) is 0 Å². The minimum atomic E-state index is -0.205. The molecule has 406 valence electrons. The highest BCUT2D eigenvalue weighted by Crippen LogP contribution is 2.66. The van der Waals surface area contributed by atoms with Gasteiger partial charge in [0.1, 0.15) is 39.7 Å². The predicted molar refractivity (Wildman–Crippen MR) is 301 cm³/mol. The number of ether oxygens (including phenoxy) is 4. The third-order valence-electron chi connectivity index (χ3n) is 23.5. The number of hydrogen-bond donors (Lipinski definition) is 0. The molecule has 0 aliphatic heterocycles. The van der Waals surface area contributed by atoms with Gasteiger partial charge in [0.25, 0.3) is 0 Å². The lowest BCUT2D eigenvalue weighted by Gasteiger charge is -2.61. The van der Waals surface area contributed by atoms with Crippen LogP contribution in [0.3, 0.4) is 0 Å². The van der Waals surface area contributed by atoms with Gasteiger partial charge in [-0.3, -0.25) is 0 Å². The van der Waals surface area contributed by atoms with Crippen molar-refractivity contribution in [2.75, 3.05) is 0 Å². The van der Waals surface area contributed by atoms with Gasteiger partial charge in [0.05, 0.1) is 0 Å². The largest absolute Gasteiger partial charge is 0.488 e. The second kappa shape index (κ2) is 20.4. The maximum atomic E-state index is 12.1. The second-order valence-electron chi connectivity index (χ2n) is 29.2. The average Bonchev–Trinajstić information content (AvgIpc) is 3.29. The van der Waals surface area contributed by atoms with Crippen LogP contribution in [0.2, 0.25) is 0 Å². The van der Waals surface area contributed by atoms with E-state index in [0.29, 0.717) is 28.7 Å². The first-order valence-electron chi connectivity index (χ1n) is 30.3. The van der Waals surface area contributed by atoms with E-state index in [2.05, 4.69) is 87.6 Å². The van der Waals surface area contributed by atoms with Gasteiger partial charge in [0.15, 0.2) is 0 Å². The molecule has 0 atom stereocenters. The Balaban J connectivity index is 0.000000120. The lowest BCUT2D eigenvalue weighted by molar-refractivity contribution is -0.221. The summed E-state index contributed by atoms with van der Waals surface area (Å²) < 4.78 is 25.1. The van der Waals surface area contributed by atoms with Gasteiger partial charge in [0, 0.05) is 11.0 Å². The van der Waals surface area contributed by atoms with Crippen molar-refractivity contribution in [3.05, 3.63) is 85.6 Å². The molecule has 16 fully saturated rings. The molecule has 16 aliphatic rings. The van der Waals surface area contributed by atoms with E-state index in [-0.39, 0.29) is 28.4 Å². The summed E-state index contributed by atoms with van der Waals surface area (Å²) in [4.78, 5) is 12.1. The Kier molecular flexibility index (Phi) is 15.4. The van der Waals surface area contributed by atoms with Crippen LogP contribution in [0.5, 0.6) is 0 Å². The van der Waals surface area contributed by atoms with Crippen LogP contribution in [0.1, 0.15) is 210 Å². The summed E-state index contributed by atoms with van der Waals surface area (Å²) in [7, 11) is 0. The van der Waals surface area contributed by atoms with Crippen molar-refractivity contribution in [3.63, 3.8) is 0 Å². The molecule has 16 rings (SSSR count). The van der Waals surface area contributed by atoms with Crippen molar-refractivity contribution >= 4 is 5.97 Å². The van der Waals surface area contributed by atoms with E-state index < -0.39 is 0 Å². The first-order valence-corrected chi connectivity index (χ1v) is 30.3. The van der Waals surface area contributed by atoms with E-state index in [0.717, 1.165) is 117 Å². The molecule has 0 aromatic heterocycles. The molecule has 16 bridgehead atoms. The van der Waals surface area contributed by atoms with Crippen LogP contribution in [-0.4, -0.2) is 28.4 Å². The van der Waals surface area contributed by atoms with E-state index in [1.807, 2.05) is 20.8 Å². The smallest absolute Gasteiger partial charge is 0.333 e. The Hall–Kier alpha value is -2.95. The predicted octanol–water partition coefficient (Wildman–Crippen LogP) is 18.0. The second-order valence-corrected chi connectivity index (χ2v) is 29.2. The maximum Gasteiger partial charge on any atom is 0.333 e. The third kappa shape index (κ3) is 10.2. The van der Waals surface area contributed by atoms with Crippen LogP contribution in [-0.2, 0) is 23.7 Å². The fourth-order valence-corrected chi connectivity index (χ4v) is 20.5. The Morgan fingerprint density at radius 2 is 0.795 bits per heavy atom. The standard InChI is InChI=1S/C18H28O.C17H26O2.C17H26O.C16H24O/c1-12(2)13(3)19-17(4,5)18-9-14-6-15(10-18)8-16(7-14)11-18;1-10(2)16(18)19-17(11(3)4)14-6-12-5-13(8-14)9-15(17)7-12;1-5-17(18-12(4)11(2)3)15-7-13-6-14(9-15)10-16(17)8-13;1-10(2)11(3)17-16(4)14-6-12-5-13(8-14)9-15(16)7-12/h14-16H,1,3,6-11H2,2,4-5H3;11-15H,1,5-9H2,2-4H3;13-16H,2,4-10H2,1,3H3;12-15H,1,3,5-9H2,2,4H3. The van der Waals surface area contributed by atoms with Gasteiger partial charge < -0.3 is 18.9 Å². The summed E-state index contributed by atoms with van der Waals surface area (Å²) >= 11 is 0. The minimum absolute atomic E-state index is 0.0451. The zero-order chi connectivity index (χ0) is 52.7. The molecule has 0 spiro atoms. The summed E-state index contributed by atoms with van der Waals surface area (Å²) in [5, 5.41) is 0. The summed E-state index contributed by atoms with van der Waals surface area (Å²) in [5.74, 6) is 15.6. The van der Waals surface area contributed by atoms with Gasteiger partial charge in [-0.15, -0.1) is 0 Å². The van der Waals surface area contributed by atoms with Crippen LogP contribution in [0.25, 0.3) is 0 Å². The lowest BCUT2D eigenvalue weighted by atomic mass is 9.46. The van der Waals surface area contributed by atoms with Crippen molar-refractivity contribution < 1.29 is 23.7 Å². The zero-order valence-electron chi connectivity index (χ0n) is 48.3. The Morgan fingerprint density at radius 3 is 1.12 bits per heavy atom. The molecule has 0 unspecified atom stereocenters. The van der Waals surface area contributed by atoms with Crippen LogP contribution in [0, 0.1) is 100 Å². The van der Waals surface area contributed by atoms with E-state index >= 15 is 0 Å². The molecule has 5 nitrogen and oxygen atoms in total. The number of allylic oxidation sites excluding steroid dienone is 3. The summed E-state index contributed by atoms with van der Waals surface area (Å²) in [6, 6.07) is 0. The maximum absolute atomic E-state index is 12.1. The average molecular weight is 1000 g/mol. The van der Waals surface area contributed by atoms with E-state index in [4.69, 9.17) is 18.9 Å². The van der Waals surface area contributed by atoms with Crippen molar-refractivity contribution in [2.45, 2.75) is 233 Å². The Bertz CT molecular complexity index is 2060. The topological polar surface area (TPSA) is 54.0 Å². The first-order chi connectivity index (χ1) is 34.3. The molecule has 0 N–H and O–H groups in total. The molecule has 0 aromatic rings. The molecular formula is C68H104O5. The lowest BCUT2D eigenvalue weighted by Crippen LogP contribution is -2.62. The Morgan fingerprint density at radius 1 is 0.466 bits per heavy atom. The zero-order valence-corrected chi connectivity index (χ0v) is 48.3. The Labute approximate surface area is 446 Å². The molecule has 16 aliphatic carbocycles. The highest BCUT2D eigenvalue weighted by molar-refractivity contribution is 5.87. The van der Waals surface area contributed by atoms with Crippen molar-refractivity contribution in [2.24, 2.45) is 100 Å². The number of carbonyl (C=O) groups is 1. The highest BCUT2D eigenvalue weighted by atomic mass is 16.6. The first kappa shape index (κ1) is 54.8. The third-order valence-corrected chi connectivity index (χ3v) is 23.5. The van der Waals surface area contributed by atoms with Gasteiger partial charge >= 0.3 is 5.97 Å². The molecule has 0 saturated heterocycles. The number of carbonyl (C=O) groups excluding carboxylic acids is 1. The molecule has 73 heavy (non-hydrogen) atoms. The van der Waals surface area contributed by atoms with E-state index in [1.54, 1.807) is 6.92 Å². The summed E-state index contributed by atoms with van der Waals surface area (Å²) in [5.41, 5.74) is 3.67. The van der Waals surface area contributed by atoms with Crippen molar-refractivity contribution in [1.29, 1.82) is 0 Å². The van der Waals surface area contributed by atoms with Crippen LogP contribution < -0.4 is 0 Å². The van der Waals surface area contributed by atoms with Gasteiger partial charge in [-0.25, -0.2) is 4.79 Å². The van der Waals surface area contributed by atoms with Gasteiger partial charge in [-0.2, -0.15) is 0 Å². The molecule has 0 aromatic carbocycles. The summed E-state index contributed by atoms with van der Waals surface area (Å²) in [6.45, 7) is 49.2. The molecular weight excluding hydrogens is 897 g/mol. The van der Waals surface area contributed by atoms with Crippen LogP contribution >= 0.6 is 0 Å². The number of esters is 1. The normalized spacial score (nSPS) is 43.8.